The molecule has 0 bridgehead atoms. The molecule has 0 aliphatic heterocycles. The van der Waals surface area contributed by atoms with Crippen molar-refractivity contribution >= 4 is 11.8 Å². The molecule has 0 saturated carbocycles. The van der Waals surface area contributed by atoms with E-state index in [2.05, 4.69) is 16.0 Å². The highest BCUT2D eigenvalue weighted by molar-refractivity contribution is 5.78. The highest BCUT2D eigenvalue weighted by Gasteiger charge is 2.12. The van der Waals surface area contributed by atoms with Gasteiger partial charge in [-0.25, -0.2) is 0 Å². The van der Waals surface area contributed by atoms with Crippen LogP contribution < -0.4 is 25.4 Å². The minimum Gasteiger partial charge on any atom is -0.493 e. The van der Waals surface area contributed by atoms with E-state index in [1.807, 2.05) is 27.0 Å². The Balaban J connectivity index is 2.62. The number of methoxy groups -OCH3 is 1. The fraction of sp³-hybridized carbons (Fsp3) is 0.529. The SMILES string of the molecule is CCNC(=O)COc1ccc(CNC(=O)C(C)CNC)cc1OC. The lowest BCUT2D eigenvalue weighted by atomic mass is 10.1. The van der Waals surface area contributed by atoms with Gasteiger partial charge in [0.05, 0.1) is 7.11 Å². The van der Waals surface area contributed by atoms with Crippen LogP contribution in [0.3, 0.4) is 0 Å². The number of likely N-dealkylation sites (N-methyl/N-ethyl adjacent to an activating group) is 1. The van der Waals surface area contributed by atoms with E-state index in [1.165, 1.54) is 7.11 Å². The molecule has 0 fully saturated rings. The second kappa shape index (κ2) is 10.5. The van der Waals surface area contributed by atoms with Crippen LogP contribution in [0.25, 0.3) is 0 Å². The van der Waals surface area contributed by atoms with Crippen molar-refractivity contribution in [1.82, 2.24) is 16.0 Å². The summed E-state index contributed by atoms with van der Waals surface area (Å²) in [5.41, 5.74) is 0.891. The number of carbonyl (C=O) groups excluding carboxylic acids is 2. The summed E-state index contributed by atoms with van der Waals surface area (Å²) in [6.45, 7) is 5.23. The molecule has 1 aromatic carbocycles. The average molecular weight is 337 g/mol. The smallest absolute Gasteiger partial charge is 0.257 e. The summed E-state index contributed by atoms with van der Waals surface area (Å²) >= 11 is 0. The number of rotatable bonds is 10. The van der Waals surface area contributed by atoms with E-state index in [-0.39, 0.29) is 24.3 Å². The maximum atomic E-state index is 11.9. The van der Waals surface area contributed by atoms with Crippen LogP contribution in [0, 0.1) is 5.92 Å². The van der Waals surface area contributed by atoms with Crippen molar-refractivity contribution in [2.45, 2.75) is 20.4 Å². The molecule has 1 aromatic rings. The Morgan fingerprint density at radius 2 is 1.96 bits per heavy atom. The average Bonchev–Trinajstić information content (AvgIpc) is 2.58. The van der Waals surface area contributed by atoms with Gasteiger partial charge in [0.25, 0.3) is 5.91 Å². The molecule has 0 heterocycles. The van der Waals surface area contributed by atoms with E-state index in [9.17, 15) is 9.59 Å². The Morgan fingerprint density at radius 1 is 1.21 bits per heavy atom. The van der Waals surface area contributed by atoms with Gasteiger partial charge in [-0.2, -0.15) is 0 Å². The molecule has 7 heteroatoms. The van der Waals surface area contributed by atoms with Crippen LogP contribution in [-0.2, 0) is 16.1 Å². The Morgan fingerprint density at radius 3 is 2.58 bits per heavy atom. The van der Waals surface area contributed by atoms with Crippen molar-refractivity contribution < 1.29 is 19.1 Å². The zero-order valence-electron chi connectivity index (χ0n) is 14.8. The monoisotopic (exact) mass is 337 g/mol. The van der Waals surface area contributed by atoms with Crippen molar-refractivity contribution in [2.75, 3.05) is 33.9 Å². The molecular formula is C17H27N3O4. The zero-order chi connectivity index (χ0) is 17.9. The first-order valence-corrected chi connectivity index (χ1v) is 8.00. The minimum atomic E-state index is -0.186. The molecule has 0 saturated heterocycles. The van der Waals surface area contributed by atoms with Crippen molar-refractivity contribution in [1.29, 1.82) is 0 Å². The number of hydrogen-bond donors (Lipinski definition) is 3. The van der Waals surface area contributed by atoms with E-state index in [0.29, 0.717) is 31.1 Å². The first-order chi connectivity index (χ1) is 11.5. The Labute approximate surface area is 143 Å². The first kappa shape index (κ1) is 19.8. The van der Waals surface area contributed by atoms with Crippen LogP contribution in [0.15, 0.2) is 18.2 Å². The first-order valence-electron chi connectivity index (χ1n) is 8.00. The van der Waals surface area contributed by atoms with Crippen LogP contribution in [0.5, 0.6) is 11.5 Å². The van der Waals surface area contributed by atoms with Gasteiger partial charge in [0.2, 0.25) is 5.91 Å². The Hall–Kier alpha value is -2.28. The number of amides is 2. The molecule has 0 aliphatic carbocycles. The highest BCUT2D eigenvalue weighted by atomic mass is 16.5. The zero-order valence-corrected chi connectivity index (χ0v) is 14.8. The normalized spacial score (nSPS) is 11.5. The molecule has 0 aliphatic rings. The third-order valence-corrected chi connectivity index (χ3v) is 3.39. The molecule has 24 heavy (non-hydrogen) atoms. The lowest BCUT2D eigenvalue weighted by Gasteiger charge is -2.14. The summed E-state index contributed by atoms with van der Waals surface area (Å²) in [5, 5.41) is 8.52. The predicted octanol–water partition coefficient (Wildman–Crippen LogP) is 0.682. The molecule has 134 valence electrons. The molecular weight excluding hydrogens is 310 g/mol. The number of benzene rings is 1. The molecule has 1 rings (SSSR count). The molecule has 1 atom stereocenters. The van der Waals surface area contributed by atoms with Gasteiger partial charge in [0.1, 0.15) is 0 Å². The van der Waals surface area contributed by atoms with Gasteiger partial charge in [-0.05, 0) is 31.7 Å². The van der Waals surface area contributed by atoms with Gasteiger partial charge < -0.3 is 25.4 Å². The Bertz CT molecular complexity index is 549. The van der Waals surface area contributed by atoms with Crippen molar-refractivity contribution in [3.8, 4) is 11.5 Å². The summed E-state index contributed by atoms with van der Waals surface area (Å²) in [5.74, 6) is 0.711. The van der Waals surface area contributed by atoms with E-state index < -0.39 is 0 Å². The van der Waals surface area contributed by atoms with Crippen LogP contribution in [0.1, 0.15) is 19.4 Å². The van der Waals surface area contributed by atoms with E-state index in [4.69, 9.17) is 9.47 Å². The maximum Gasteiger partial charge on any atom is 0.257 e. The third kappa shape index (κ3) is 6.45. The number of ether oxygens (including phenoxy) is 2. The van der Waals surface area contributed by atoms with Crippen LogP contribution in [-0.4, -0.2) is 45.7 Å². The Kier molecular flexibility index (Phi) is 8.64. The lowest BCUT2D eigenvalue weighted by molar-refractivity contribution is -0.124. The molecule has 0 aromatic heterocycles. The molecule has 1 unspecified atom stereocenters. The molecule has 2 amide bonds. The van der Waals surface area contributed by atoms with Gasteiger partial charge in [0.15, 0.2) is 18.1 Å². The number of hydrogen-bond acceptors (Lipinski definition) is 5. The van der Waals surface area contributed by atoms with Crippen LogP contribution >= 0.6 is 0 Å². The van der Waals surface area contributed by atoms with E-state index in [0.717, 1.165) is 5.56 Å². The fourth-order valence-electron chi connectivity index (χ4n) is 2.09. The fourth-order valence-corrected chi connectivity index (χ4v) is 2.09. The second-order valence-corrected chi connectivity index (χ2v) is 5.40. The third-order valence-electron chi connectivity index (χ3n) is 3.39. The van der Waals surface area contributed by atoms with Gasteiger partial charge >= 0.3 is 0 Å². The predicted molar refractivity (Wildman–Crippen MR) is 92.1 cm³/mol. The molecule has 0 spiro atoms. The summed E-state index contributed by atoms with van der Waals surface area (Å²) in [6.07, 6.45) is 0. The standard InChI is InChI=1S/C17H27N3O4/c1-5-19-16(21)11-24-14-7-6-13(8-15(14)23-4)10-20-17(22)12(2)9-18-3/h6-8,12,18H,5,9-11H2,1-4H3,(H,19,21)(H,20,22). The molecule has 0 radical (unpaired) electrons. The summed E-state index contributed by atoms with van der Waals surface area (Å²) < 4.78 is 10.8. The maximum absolute atomic E-state index is 11.9. The van der Waals surface area contributed by atoms with Crippen molar-refractivity contribution in [2.24, 2.45) is 5.92 Å². The lowest BCUT2D eigenvalue weighted by Crippen LogP contribution is -2.33. The van der Waals surface area contributed by atoms with Gasteiger partial charge in [0, 0.05) is 25.6 Å². The summed E-state index contributed by atoms with van der Waals surface area (Å²) in [4.78, 5) is 23.4. The van der Waals surface area contributed by atoms with Crippen LogP contribution in [0.4, 0.5) is 0 Å². The van der Waals surface area contributed by atoms with E-state index >= 15 is 0 Å². The topological polar surface area (TPSA) is 88.7 Å². The largest absolute Gasteiger partial charge is 0.493 e. The number of nitrogens with one attached hydrogen (secondary N) is 3. The summed E-state index contributed by atoms with van der Waals surface area (Å²) in [7, 11) is 3.35. The number of carbonyl (C=O) groups is 2. The molecule has 3 N–H and O–H groups in total. The van der Waals surface area contributed by atoms with Gasteiger partial charge in [-0.15, -0.1) is 0 Å². The van der Waals surface area contributed by atoms with Crippen LogP contribution in [0.2, 0.25) is 0 Å². The highest BCUT2D eigenvalue weighted by Crippen LogP contribution is 2.28. The van der Waals surface area contributed by atoms with Gasteiger partial charge in [-0.1, -0.05) is 13.0 Å². The second-order valence-electron chi connectivity index (χ2n) is 5.40. The summed E-state index contributed by atoms with van der Waals surface area (Å²) in [6, 6.07) is 5.35. The van der Waals surface area contributed by atoms with E-state index in [1.54, 1.807) is 12.1 Å². The van der Waals surface area contributed by atoms with Crippen molar-refractivity contribution in [3.63, 3.8) is 0 Å². The quantitative estimate of drug-likeness (QED) is 0.584. The van der Waals surface area contributed by atoms with Crippen molar-refractivity contribution in [3.05, 3.63) is 23.8 Å². The molecule has 7 nitrogen and oxygen atoms in total. The minimum absolute atomic E-state index is 0.0140. The van der Waals surface area contributed by atoms with Gasteiger partial charge in [-0.3, -0.25) is 9.59 Å².